The number of hydrogen-bond acceptors (Lipinski definition) is 2. The van der Waals surface area contributed by atoms with Crippen molar-refractivity contribution in [1.29, 1.82) is 0 Å². The van der Waals surface area contributed by atoms with Gasteiger partial charge in [-0.05, 0) is 31.4 Å². The smallest absolute Gasteiger partial charge is 0.0630 e. The summed E-state index contributed by atoms with van der Waals surface area (Å²) in [5.74, 6) is 0. The van der Waals surface area contributed by atoms with Crippen molar-refractivity contribution in [3.8, 4) is 0 Å². The van der Waals surface area contributed by atoms with Crippen LogP contribution < -0.4 is 5.73 Å². The zero-order valence-electron chi connectivity index (χ0n) is 8.75. The molecular formula is C10H19N3. The van der Waals surface area contributed by atoms with E-state index in [1.54, 1.807) is 0 Å². The van der Waals surface area contributed by atoms with Gasteiger partial charge in [-0.3, -0.25) is 4.68 Å². The van der Waals surface area contributed by atoms with Crippen molar-refractivity contribution in [3.05, 3.63) is 18.0 Å². The first-order chi connectivity index (χ1) is 6.07. The first-order valence-electron chi connectivity index (χ1n) is 4.80. The number of hydrogen-bond donors (Lipinski definition) is 1. The number of nitrogens with zero attached hydrogens (tertiary/aromatic N) is 2. The minimum absolute atomic E-state index is 0.160. The molecule has 0 fully saturated rings. The fourth-order valence-electron chi connectivity index (χ4n) is 1.24. The van der Waals surface area contributed by atoms with E-state index >= 15 is 0 Å². The summed E-state index contributed by atoms with van der Waals surface area (Å²) in [5.41, 5.74) is 6.95. The van der Waals surface area contributed by atoms with Gasteiger partial charge in [-0.15, -0.1) is 0 Å². The number of rotatable bonds is 4. The van der Waals surface area contributed by atoms with Crippen LogP contribution in [0.15, 0.2) is 12.3 Å². The highest BCUT2D eigenvalue weighted by Crippen LogP contribution is 2.18. The zero-order valence-corrected chi connectivity index (χ0v) is 8.75. The Morgan fingerprint density at radius 3 is 2.69 bits per heavy atom. The first-order valence-corrected chi connectivity index (χ1v) is 4.80. The Labute approximate surface area is 79.9 Å². The van der Waals surface area contributed by atoms with Crippen LogP contribution in [0.1, 0.15) is 26.5 Å². The van der Waals surface area contributed by atoms with Gasteiger partial charge in [-0.25, -0.2) is 0 Å². The van der Waals surface area contributed by atoms with Gasteiger partial charge < -0.3 is 5.73 Å². The predicted octanol–water partition coefficient (Wildman–Crippen LogP) is 1.43. The highest BCUT2D eigenvalue weighted by Gasteiger charge is 2.17. The lowest BCUT2D eigenvalue weighted by Crippen LogP contribution is -2.26. The van der Waals surface area contributed by atoms with E-state index in [1.165, 1.54) is 0 Å². The summed E-state index contributed by atoms with van der Waals surface area (Å²) in [6.45, 7) is 8.05. The van der Waals surface area contributed by atoms with Gasteiger partial charge in [0.15, 0.2) is 0 Å². The molecule has 74 valence electrons. The number of aryl methyl sites for hydroxylation is 1. The van der Waals surface area contributed by atoms with Gasteiger partial charge in [0.25, 0.3) is 0 Å². The van der Waals surface area contributed by atoms with E-state index in [-0.39, 0.29) is 5.41 Å². The first kappa shape index (κ1) is 10.3. The van der Waals surface area contributed by atoms with E-state index in [0.717, 1.165) is 18.7 Å². The van der Waals surface area contributed by atoms with E-state index < -0.39 is 0 Å². The van der Waals surface area contributed by atoms with Crippen LogP contribution >= 0.6 is 0 Å². The Morgan fingerprint density at radius 1 is 1.54 bits per heavy atom. The molecule has 0 aliphatic rings. The average Bonchev–Trinajstić information content (AvgIpc) is 2.52. The summed E-state index contributed by atoms with van der Waals surface area (Å²) >= 11 is 0. The summed E-state index contributed by atoms with van der Waals surface area (Å²) in [6, 6.07) is 2.07. The Kier molecular flexibility index (Phi) is 3.09. The lowest BCUT2D eigenvalue weighted by atomic mass is 9.88. The summed E-state index contributed by atoms with van der Waals surface area (Å²) < 4.78 is 1.95. The molecule has 13 heavy (non-hydrogen) atoms. The topological polar surface area (TPSA) is 43.8 Å². The molecule has 1 aromatic rings. The molecule has 1 rings (SSSR count). The van der Waals surface area contributed by atoms with Gasteiger partial charge >= 0.3 is 0 Å². The Morgan fingerprint density at radius 2 is 2.23 bits per heavy atom. The van der Waals surface area contributed by atoms with E-state index in [4.69, 9.17) is 5.73 Å². The van der Waals surface area contributed by atoms with E-state index in [1.807, 2.05) is 10.9 Å². The van der Waals surface area contributed by atoms with Crippen LogP contribution in [0.3, 0.4) is 0 Å². The van der Waals surface area contributed by atoms with E-state index in [2.05, 4.69) is 31.9 Å². The van der Waals surface area contributed by atoms with Crippen molar-refractivity contribution in [2.75, 3.05) is 6.54 Å². The molecule has 0 aliphatic heterocycles. The zero-order chi connectivity index (χ0) is 9.90. The third-order valence-electron chi connectivity index (χ3n) is 2.23. The van der Waals surface area contributed by atoms with Crippen LogP contribution in [0.5, 0.6) is 0 Å². The summed E-state index contributed by atoms with van der Waals surface area (Å²) in [5, 5.41) is 4.42. The standard InChI is InChI=1S/C10H19N3/c1-4-13-6-5-9(12-13)7-10(2,3)8-11/h5-6H,4,7-8,11H2,1-3H3. The van der Waals surface area contributed by atoms with Crippen LogP contribution in [0.25, 0.3) is 0 Å². The van der Waals surface area contributed by atoms with E-state index in [0.29, 0.717) is 6.54 Å². The molecule has 0 saturated heterocycles. The van der Waals surface area contributed by atoms with Gasteiger partial charge in [0.1, 0.15) is 0 Å². The normalized spacial score (nSPS) is 12.0. The Balaban J connectivity index is 2.63. The molecule has 0 saturated carbocycles. The monoisotopic (exact) mass is 181 g/mol. The molecule has 3 heteroatoms. The molecule has 0 aromatic carbocycles. The molecule has 3 nitrogen and oxygen atoms in total. The Hall–Kier alpha value is -0.830. The second-order valence-corrected chi connectivity index (χ2v) is 4.21. The maximum Gasteiger partial charge on any atom is 0.0630 e. The molecule has 0 amide bonds. The SMILES string of the molecule is CCn1ccc(CC(C)(C)CN)n1. The average molecular weight is 181 g/mol. The highest BCUT2D eigenvalue weighted by molar-refractivity contribution is 5.02. The fraction of sp³-hybridized carbons (Fsp3) is 0.700. The van der Waals surface area contributed by atoms with Crippen LogP contribution in [0.2, 0.25) is 0 Å². The third kappa shape index (κ3) is 2.84. The molecule has 0 radical (unpaired) electrons. The van der Waals surface area contributed by atoms with Crippen molar-refractivity contribution in [3.63, 3.8) is 0 Å². The minimum Gasteiger partial charge on any atom is -0.330 e. The van der Waals surface area contributed by atoms with E-state index in [9.17, 15) is 0 Å². The maximum atomic E-state index is 5.66. The third-order valence-corrected chi connectivity index (χ3v) is 2.23. The lowest BCUT2D eigenvalue weighted by molar-refractivity contribution is 0.370. The van der Waals surface area contributed by atoms with Gasteiger partial charge in [0.2, 0.25) is 0 Å². The highest BCUT2D eigenvalue weighted by atomic mass is 15.3. The summed E-state index contributed by atoms with van der Waals surface area (Å²) in [7, 11) is 0. The van der Waals surface area contributed by atoms with Crippen LogP contribution in [-0.2, 0) is 13.0 Å². The Bertz CT molecular complexity index is 263. The van der Waals surface area contributed by atoms with Gasteiger partial charge in [0, 0.05) is 12.7 Å². The van der Waals surface area contributed by atoms with Gasteiger partial charge in [-0.1, -0.05) is 13.8 Å². The molecular weight excluding hydrogens is 162 g/mol. The maximum absolute atomic E-state index is 5.66. The largest absolute Gasteiger partial charge is 0.330 e. The molecule has 0 unspecified atom stereocenters. The molecule has 1 heterocycles. The summed E-state index contributed by atoms with van der Waals surface area (Å²) in [6.07, 6.45) is 2.97. The summed E-state index contributed by atoms with van der Waals surface area (Å²) in [4.78, 5) is 0. The molecule has 2 N–H and O–H groups in total. The fourth-order valence-corrected chi connectivity index (χ4v) is 1.24. The molecule has 0 atom stereocenters. The van der Waals surface area contributed by atoms with Gasteiger partial charge in [-0.2, -0.15) is 5.10 Å². The number of nitrogens with two attached hydrogens (primary N) is 1. The van der Waals surface area contributed by atoms with Crippen molar-refractivity contribution >= 4 is 0 Å². The van der Waals surface area contributed by atoms with Crippen molar-refractivity contribution in [1.82, 2.24) is 9.78 Å². The molecule has 0 spiro atoms. The van der Waals surface area contributed by atoms with Crippen LogP contribution in [0, 0.1) is 5.41 Å². The second kappa shape index (κ2) is 3.92. The van der Waals surface area contributed by atoms with Crippen molar-refractivity contribution in [2.24, 2.45) is 11.1 Å². The quantitative estimate of drug-likeness (QED) is 0.763. The number of aromatic nitrogens is 2. The minimum atomic E-state index is 0.160. The van der Waals surface area contributed by atoms with Crippen LogP contribution in [-0.4, -0.2) is 16.3 Å². The molecule has 1 aromatic heterocycles. The molecule has 0 aliphatic carbocycles. The van der Waals surface area contributed by atoms with Crippen molar-refractivity contribution < 1.29 is 0 Å². The van der Waals surface area contributed by atoms with Crippen LogP contribution in [0.4, 0.5) is 0 Å². The predicted molar refractivity (Wildman–Crippen MR) is 54.4 cm³/mol. The molecule has 0 bridgehead atoms. The van der Waals surface area contributed by atoms with Gasteiger partial charge in [0.05, 0.1) is 5.69 Å². The van der Waals surface area contributed by atoms with Crippen molar-refractivity contribution in [2.45, 2.75) is 33.7 Å². The second-order valence-electron chi connectivity index (χ2n) is 4.21. The lowest BCUT2D eigenvalue weighted by Gasteiger charge is -2.20.